The van der Waals surface area contributed by atoms with E-state index in [0.29, 0.717) is 17.1 Å². The monoisotopic (exact) mass is 301 g/mol. The van der Waals surface area contributed by atoms with Gasteiger partial charge in [0.1, 0.15) is 17.2 Å². The minimum atomic E-state index is -0.995. The van der Waals surface area contributed by atoms with Crippen LogP contribution in [0.4, 0.5) is 8.78 Å². The molecule has 0 bridgehead atoms. The number of carboxylic acid groups (broad SMARTS) is 1. The Bertz CT molecular complexity index is 508. The number of nitrogens with one attached hydrogen (secondary N) is 1. The number of carbonyl (C=O) groups is 1. The number of thioether (sulfide) groups is 1. The van der Waals surface area contributed by atoms with Crippen molar-refractivity contribution in [1.82, 2.24) is 5.32 Å². The number of benzene rings is 1. The first kappa shape index (κ1) is 15.3. The molecule has 1 saturated carbocycles. The molecule has 0 heterocycles. The molecule has 0 aliphatic heterocycles. The molecule has 2 N–H and O–H groups in total. The van der Waals surface area contributed by atoms with E-state index in [2.05, 4.69) is 5.32 Å². The van der Waals surface area contributed by atoms with E-state index in [-0.39, 0.29) is 6.04 Å². The van der Waals surface area contributed by atoms with E-state index in [0.717, 1.165) is 18.9 Å². The Morgan fingerprint density at radius 1 is 1.50 bits per heavy atom. The summed E-state index contributed by atoms with van der Waals surface area (Å²) in [6, 6.07) is 3.69. The van der Waals surface area contributed by atoms with Crippen LogP contribution in [0.3, 0.4) is 0 Å². The zero-order chi connectivity index (χ0) is 14.8. The maximum absolute atomic E-state index is 13.5. The second-order valence-electron chi connectivity index (χ2n) is 5.23. The van der Waals surface area contributed by atoms with E-state index in [1.807, 2.05) is 0 Å². The summed E-state index contributed by atoms with van der Waals surface area (Å²) in [5.41, 5.74) is -0.995. The molecular formula is C14H17F2NO2S. The standard InChI is InChI=1S/C14H17F2NO2S/c1-14(13(18)19,17-10-3-4-10)6-7-20-12-5-2-9(15)8-11(12)16/h2,5,8,10,17H,3-4,6-7H2,1H3,(H,18,19). The number of hydrogen-bond acceptors (Lipinski definition) is 3. The molecule has 1 aromatic carbocycles. The third kappa shape index (κ3) is 3.93. The largest absolute Gasteiger partial charge is 0.480 e. The molecule has 110 valence electrons. The Kier molecular flexibility index (Phi) is 4.65. The Morgan fingerprint density at radius 2 is 2.20 bits per heavy atom. The predicted molar refractivity (Wildman–Crippen MR) is 73.9 cm³/mol. The highest BCUT2D eigenvalue weighted by Gasteiger charge is 2.38. The fourth-order valence-corrected chi connectivity index (χ4v) is 2.97. The van der Waals surface area contributed by atoms with Gasteiger partial charge in [0, 0.05) is 22.8 Å². The van der Waals surface area contributed by atoms with Gasteiger partial charge >= 0.3 is 5.97 Å². The Labute approximate surface area is 120 Å². The van der Waals surface area contributed by atoms with E-state index >= 15 is 0 Å². The predicted octanol–water partition coefficient (Wildman–Crippen LogP) is 3.04. The van der Waals surface area contributed by atoms with Gasteiger partial charge in [-0.15, -0.1) is 11.8 Å². The molecule has 0 aromatic heterocycles. The van der Waals surface area contributed by atoms with Crippen LogP contribution in [0.1, 0.15) is 26.2 Å². The lowest BCUT2D eigenvalue weighted by molar-refractivity contribution is -0.144. The van der Waals surface area contributed by atoms with Crippen LogP contribution in [0.25, 0.3) is 0 Å². The van der Waals surface area contributed by atoms with Crippen molar-refractivity contribution in [2.24, 2.45) is 0 Å². The van der Waals surface area contributed by atoms with Crippen molar-refractivity contribution in [3.63, 3.8) is 0 Å². The first-order valence-electron chi connectivity index (χ1n) is 6.50. The number of aliphatic carboxylic acids is 1. The molecule has 0 saturated heterocycles. The van der Waals surface area contributed by atoms with E-state index in [9.17, 15) is 18.7 Å². The quantitative estimate of drug-likeness (QED) is 0.760. The van der Waals surface area contributed by atoms with E-state index < -0.39 is 23.1 Å². The average molecular weight is 301 g/mol. The van der Waals surface area contributed by atoms with Gasteiger partial charge in [-0.1, -0.05) is 0 Å². The minimum absolute atomic E-state index is 0.281. The van der Waals surface area contributed by atoms with E-state index in [1.165, 1.54) is 23.9 Å². The summed E-state index contributed by atoms with van der Waals surface area (Å²) in [4.78, 5) is 11.7. The van der Waals surface area contributed by atoms with Gasteiger partial charge < -0.3 is 5.11 Å². The van der Waals surface area contributed by atoms with E-state index in [4.69, 9.17) is 0 Å². The lowest BCUT2D eigenvalue weighted by atomic mass is 9.99. The zero-order valence-corrected chi connectivity index (χ0v) is 12.0. The first-order valence-corrected chi connectivity index (χ1v) is 7.48. The van der Waals surface area contributed by atoms with Gasteiger partial charge in [-0.25, -0.2) is 8.78 Å². The molecule has 6 heteroatoms. The number of halogens is 2. The molecule has 3 nitrogen and oxygen atoms in total. The van der Waals surface area contributed by atoms with Crippen LogP contribution >= 0.6 is 11.8 Å². The molecule has 0 radical (unpaired) electrons. The maximum Gasteiger partial charge on any atom is 0.323 e. The van der Waals surface area contributed by atoms with Gasteiger partial charge in [-0.05, 0) is 38.3 Å². The van der Waals surface area contributed by atoms with Crippen LogP contribution in [-0.2, 0) is 4.79 Å². The summed E-state index contributed by atoms with van der Waals surface area (Å²) in [6.07, 6.45) is 2.38. The molecule has 0 amide bonds. The third-order valence-electron chi connectivity index (χ3n) is 3.33. The van der Waals surface area contributed by atoms with E-state index in [1.54, 1.807) is 6.92 Å². The maximum atomic E-state index is 13.5. The van der Waals surface area contributed by atoms with Gasteiger partial charge in [-0.2, -0.15) is 0 Å². The molecule has 2 rings (SSSR count). The molecule has 1 atom stereocenters. The van der Waals surface area contributed by atoms with Crippen LogP contribution < -0.4 is 5.32 Å². The third-order valence-corrected chi connectivity index (χ3v) is 4.38. The molecule has 1 unspecified atom stereocenters. The molecule has 0 spiro atoms. The van der Waals surface area contributed by atoms with Gasteiger partial charge in [0.05, 0.1) is 0 Å². The summed E-state index contributed by atoms with van der Waals surface area (Å²) < 4.78 is 26.2. The van der Waals surface area contributed by atoms with Gasteiger partial charge in [-0.3, -0.25) is 10.1 Å². The lowest BCUT2D eigenvalue weighted by Crippen LogP contribution is -2.50. The second-order valence-corrected chi connectivity index (χ2v) is 6.37. The topological polar surface area (TPSA) is 49.3 Å². The van der Waals surface area contributed by atoms with Crippen LogP contribution in [0.15, 0.2) is 23.1 Å². The van der Waals surface area contributed by atoms with Crippen molar-refractivity contribution >= 4 is 17.7 Å². The number of rotatable bonds is 7. The fraction of sp³-hybridized carbons (Fsp3) is 0.500. The fourth-order valence-electron chi connectivity index (χ4n) is 1.88. The van der Waals surface area contributed by atoms with Crippen molar-refractivity contribution in [3.05, 3.63) is 29.8 Å². The highest BCUT2D eigenvalue weighted by atomic mass is 32.2. The van der Waals surface area contributed by atoms with Crippen LogP contribution in [0.5, 0.6) is 0 Å². The van der Waals surface area contributed by atoms with Gasteiger partial charge in [0.15, 0.2) is 0 Å². The number of carboxylic acids is 1. The highest BCUT2D eigenvalue weighted by Crippen LogP contribution is 2.28. The summed E-state index contributed by atoms with van der Waals surface area (Å²) in [7, 11) is 0. The lowest BCUT2D eigenvalue weighted by Gasteiger charge is -2.26. The van der Waals surface area contributed by atoms with Crippen molar-refractivity contribution in [2.75, 3.05) is 5.75 Å². The highest BCUT2D eigenvalue weighted by molar-refractivity contribution is 7.99. The molecule has 1 fully saturated rings. The molecular weight excluding hydrogens is 284 g/mol. The number of hydrogen-bond donors (Lipinski definition) is 2. The van der Waals surface area contributed by atoms with Crippen molar-refractivity contribution in [1.29, 1.82) is 0 Å². The Balaban J connectivity index is 1.90. The van der Waals surface area contributed by atoms with Crippen LogP contribution in [-0.4, -0.2) is 28.4 Å². The summed E-state index contributed by atoms with van der Waals surface area (Å²) >= 11 is 1.20. The SMILES string of the molecule is CC(CCSc1ccc(F)cc1F)(NC1CC1)C(=O)O. The van der Waals surface area contributed by atoms with Crippen molar-refractivity contribution in [3.8, 4) is 0 Å². The van der Waals surface area contributed by atoms with Crippen LogP contribution in [0.2, 0.25) is 0 Å². The zero-order valence-electron chi connectivity index (χ0n) is 11.2. The molecule has 20 heavy (non-hydrogen) atoms. The second kappa shape index (κ2) is 6.10. The molecule has 1 aliphatic rings. The first-order chi connectivity index (χ1) is 9.40. The van der Waals surface area contributed by atoms with Crippen molar-refractivity contribution < 1.29 is 18.7 Å². The van der Waals surface area contributed by atoms with Gasteiger partial charge in [0.25, 0.3) is 0 Å². The van der Waals surface area contributed by atoms with Crippen molar-refractivity contribution in [2.45, 2.75) is 42.7 Å². The molecule has 1 aliphatic carbocycles. The van der Waals surface area contributed by atoms with Gasteiger partial charge in [0.2, 0.25) is 0 Å². The Hall–Kier alpha value is -1.14. The normalized spacial score (nSPS) is 17.8. The summed E-state index contributed by atoms with van der Waals surface area (Å²) in [5.74, 6) is -1.67. The Morgan fingerprint density at radius 3 is 2.75 bits per heavy atom. The smallest absolute Gasteiger partial charge is 0.323 e. The molecule has 1 aromatic rings. The summed E-state index contributed by atoms with van der Waals surface area (Å²) in [6.45, 7) is 1.65. The minimum Gasteiger partial charge on any atom is -0.480 e. The summed E-state index contributed by atoms with van der Waals surface area (Å²) in [5, 5.41) is 12.4. The van der Waals surface area contributed by atoms with Crippen LogP contribution in [0, 0.1) is 11.6 Å². The average Bonchev–Trinajstić information content (AvgIpc) is 3.15.